The Morgan fingerprint density at radius 3 is 2.50 bits per heavy atom. The molecule has 78 valence electrons. The fourth-order valence-electron chi connectivity index (χ4n) is 0.646. The molecule has 8 heteroatoms. The van der Waals surface area contributed by atoms with E-state index in [0.29, 0.717) is 5.16 Å². The molecule has 14 heavy (non-hydrogen) atoms. The predicted molar refractivity (Wildman–Crippen MR) is 51.0 cm³/mol. The molecule has 0 saturated carbocycles. The minimum absolute atomic E-state index is 0.165. The van der Waals surface area contributed by atoms with Crippen molar-refractivity contribution >= 4 is 17.7 Å². The Kier molecular flexibility index (Phi) is 4.50. The molecule has 1 aromatic rings. The minimum Gasteiger partial charge on any atom is -0.394 e. The van der Waals surface area contributed by atoms with Crippen LogP contribution in [0.4, 0.5) is 5.95 Å². The van der Waals surface area contributed by atoms with Crippen LogP contribution in [-0.4, -0.2) is 56.1 Å². The van der Waals surface area contributed by atoms with E-state index in [4.69, 9.17) is 10.2 Å². The number of rotatable bonds is 5. The molecule has 0 aliphatic heterocycles. The van der Waals surface area contributed by atoms with Gasteiger partial charge in [-0.05, 0) is 6.26 Å². The van der Waals surface area contributed by atoms with Gasteiger partial charge < -0.3 is 15.5 Å². The number of hydrogen-bond donors (Lipinski definition) is 3. The van der Waals surface area contributed by atoms with Gasteiger partial charge in [-0.25, -0.2) is 0 Å². The Bertz CT molecular complexity index is 269. The van der Waals surface area contributed by atoms with Gasteiger partial charge in [0.15, 0.2) is 0 Å². The lowest BCUT2D eigenvalue weighted by atomic mass is 10.4. The van der Waals surface area contributed by atoms with Crippen molar-refractivity contribution in [2.75, 3.05) is 24.7 Å². The molecule has 0 aliphatic carbocycles. The number of aliphatic hydroxyl groups excluding tert-OH is 2. The molecule has 0 aromatic carbocycles. The second kappa shape index (κ2) is 5.68. The van der Waals surface area contributed by atoms with Gasteiger partial charge in [-0.15, -0.1) is 20.4 Å². The van der Waals surface area contributed by atoms with Gasteiger partial charge in [0.2, 0.25) is 5.16 Å². The second-order valence-corrected chi connectivity index (χ2v) is 3.20. The molecule has 0 fully saturated rings. The van der Waals surface area contributed by atoms with Crippen LogP contribution in [0.5, 0.6) is 0 Å². The van der Waals surface area contributed by atoms with Crippen LogP contribution in [0.15, 0.2) is 5.16 Å². The van der Waals surface area contributed by atoms with E-state index in [1.807, 2.05) is 6.26 Å². The average Bonchev–Trinajstić information content (AvgIpc) is 2.26. The highest BCUT2D eigenvalue weighted by Crippen LogP contribution is 2.04. The van der Waals surface area contributed by atoms with Gasteiger partial charge in [0.1, 0.15) is 0 Å². The Hall–Kier alpha value is -0.990. The van der Waals surface area contributed by atoms with Gasteiger partial charge >= 0.3 is 0 Å². The number of anilines is 1. The highest BCUT2D eigenvalue weighted by atomic mass is 32.2. The molecular formula is C6H11N5O2S. The van der Waals surface area contributed by atoms with Crippen molar-refractivity contribution in [2.45, 2.75) is 11.3 Å². The van der Waals surface area contributed by atoms with Gasteiger partial charge in [-0.3, -0.25) is 0 Å². The molecular weight excluding hydrogens is 206 g/mol. The zero-order chi connectivity index (χ0) is 10.4. The lowest BCUT2D eigenvalue weighted by Gasteiger charge is -2.07. The van der Waals surface area contributed by atoms with E-state index in [0.717, 1.165) is 0 Å². The molecule has 1 aromatic heterocycles. The van der Waals surface area contributed by atoms with Crippen molar-refractivity contribution in [3.05, 3.63) is 0 Å². The number of aromatic nitrogens is 4. The van der Waals surface area contributed by atoms with E-state index >= 15 is 0 Å². The predicted octanol–water partition coefficient (Wildman–Crippen LogP) is -1.25. The first-order valence-corrected chi connectivity index (χ1v) is 5.13. The van der Waals surface area contributed by atoms with E-state index in [9.17, 15) is 0 Å². The monoisotopic (exact) mass is 217 g/mol. The summed E-state index contributed by atoms with van der Waals surface area (Å²) in [5, 5.41) is 35.6. The van der Waals surface area contributed by atoms with Gasteiger partial charge in [-0.1, -0.05) is 11.8 Å². The molecule has 1 rings (SSSR count). The lowest BCUT2D eigenvalue weighted by Crippen LogP contribution is -2.24. The van der Waals surface area contributed by atoms with Crippen LogP contribution < -0.4 is 5.32 Å². The van der Waals surface area contributed by atoms with E-state index in [1.165, 1.54) is 11.8 Å². The van der Waals surface area contributed by atoms with Gasteiger partial charge in [-0.2, -0.15) is 0 Å². The first kappa shape index (κ1) is 11.1. The van der Waals surface area contributed by atoms with E-state index in [-0.39, 0.29) is 19.1 Å². The quantitative estimate of drug-likeness (QED) is 0.526. The molecule has 1 unspecified atom stereocenters. The summed E-state index contributed by atoms with van der Waals surface area (Å²) in [6.07, 6.45) is 0.986. The molecule has 3 N–H and O–H groups in total. The van der Waals surface area contributed by atoms with Gasteiger partial charge in [0.05, 0.1) is 12.7 Å². The molecule has 0 amide bonds. The number of nitrogens with zero attached hydrogens (tertiary/aromatic N) is 4. The molecule has 1 heterocycles. The highest BCUT2D eigenvalue weighted by Gasteiger charge is 2.03. The van der Waals surface area contributed by atoms with E-state index in [2.05, 4.69) is 25.7 Å². The largest absolute Gasteiger partial charge is 0.394 e. The maximum absolute atomic E-state index is 9.01. The number of hydrogen-bond acceptors (Lipinski definition) is 8. The van der Waals surface area contributed by atoms with Crippen LogP contribution in [0, 0.1) is 0 Å². The smallest absolute Gasteiger partial charge is 0.262 e. The molecule has 0 spiro atoms. The van der Waals surface area contributed by atoms with E-state index < -0.39 is 6.10 Å². The zero-order valence-electron chi connectivity index (χ0n) is 7.58. The van der Waals surface area contributed by atoms with Crippen molar-refractivity contribution in [3.8, 4) is 0 Å². The Labute approximate surface area is 85.0 Å². The number of thioether (sulfide) groups is 1. The molecule has 1 atom stereocenters. The van der Waals surface area contributed by atoms with Crippen LogP contribution in [0.2, 0.25) is 0 Å². The third kappa shape index (κ3) is 3.40. The van der Waals surface area contributed by atoms with Crippen molar-refractivity contribution in [1.82, 2.24) is 20.4 Å². The zero-order valence-corrected chi connectivity index (χ0v) is 8.40. The first-order valence-electron chi connectivity index (χ1n) is 3.90. The molecule has 0 aliphatic rings. The maximum Gasteiger partial charge on any atom is 0.262 e. The standard InChI is InChI=1S/C6H11N5O2S/c1-14-6-10-8-5(9-11-6)7-2-4(13)3-12/h4,12-13H,2-3H2,1H3,(H,7,8,9). The molecule has 0 saturated heterocycles. The number of aliphatic hydroxyl groups is 2. The van der Waals surface area contributed by atoms with Crippen molar-refractivity contribution in [1.29, 1.82) is 0 Å². The topological polar surface area (TPSA) is 104 Å². The van der Waals surface area contributed by atoms with E-state index in [1.54, 1.807) is 0 Å². The summed E-state index contributed by atoms with van der Waals surface area (Å²) in [6.45, 7) is -0.144. The average molecular weight is 217 g/mol. The summed E-state index contributed by atoms with van der Waals surface area (Å²) >= 11 is 1.34. The normalized spacial score (nSPS) is 12.5. The van der Waals surface area contributed by atoms with Crippen LogP contribution >= 0.6 is 11.8 Å². The second-order valence-electron chi connectivity index (χ2n) is 2.43. The van der Waals surface area contributed by atoms with Crippen LogP contribution in [0.3, 0.4) is 0 Å². The van der Waals surface area contributed by atoms with Crippen LogP contribution in [0.25, 0.3) is 0 Å². The fraction of sp³-hybridized carbons (Fsp3) is 0.667. The summed E-state index contributed by atoms with van der Waals surface area (Å²) in [5.41, 5.74) is 0. The third-order valence-electron chi connectivity index (χ3n) is 1.35. The van der Waals surface area contributed by atoms with Crippen molar-refractivity contribution < 1.29 is 10.2 Å². The number of nitrogens with one attached hydrogen (secondary N) is 1. The Morgan fingerprint density at radius 1 is 1.36 bits per heavy atom. The van der Waals surface area contributed by atoms with Gasteiger partial charge in [0.25, 0.3) is 5.95 Å². The van der Waals surface area contributed by atoms with Crippen LogP contribution in [0.1, 0.15) is 0 Å². The Balaban J connectivity index is 2.43. The summed E-state index contributed by atoms with van der Waals surface area (Å²) in [7, 11) is 0. The summed E-state index contributed by atoms with van der Waals surface area (Å²) in [4.78, 5) is 0. The summed E-state index contributed by atoms with van der Waals surface area (Å²) in [5.74, 6) is 0.232. The van der Waals surface area contributed by atoms with Crippen LogP contribution in [-0.2, 0) is 0 Å². The highest BCUT2D eigenvalue weighted by molar-refractivity contribution is 7.98. The van der Waals surface area contributed by atoms with Crippen molar-refractivity contribution in [2.24, 2.45) is 0 Å². The Morgan fingerprint density at radius 2 is 2.00 bits per heavy atom. The van der Waals surface area contributed by atoms with Gasteiger partial charge in [0, 0.05) is 6.54 Å². The third-order valence-corrected chi connectivity index (χ3v) is 1.88. The molecule has 7 nitrogen and oxygen atoms in total. The minimum atomic E-state index is -0.834. The summed E-state index contributed by atoms with van der Waals surface area (Å²) < 4.78 is 0. The first-order chi connectivity index (χ1) is 6.76. The SMILES string of the molecule is CSc1nnc(NCC(O)CO)nn1. The fourth-order valence-corrected chi connectivity index (χ4v) is 0.891. The molecule has 0 radical (unpaired) electrons. The molecule has 0 bridgehead atoms. The lowest BCUT2D eigenvalue weighted by molar-refractivity contribution is 0.105. The van der Waals surface area contributed by atoms with Crippen molar-refractivity contribution in [3.63, 3.8) is 0 Å². The maximum atomic E-state index is 9.01. The summed E-state index contributed by atoms with van der Waals surface area (Å²) in [6, 6.07) is 0.